The molecular weight excluding hydrogens is 258 g/mol. The highest BCUT2D eigenvalue weighted by atomic mass is 32.1. The number of aryl methyl sites for hydroxylation is 1. The molecule has 2 rings (SSSR count). The number of nitrogens with one attached hydrogen (secondary N) is 2. The molecule has 0 unspecified atom stereocenters. The first-order valence-corrected chi connectivity index (χ1v) is 7.10. The molecule has 19 heavy (non-hydrogen) atoms. The number of hydrogen-bond donors (Lipinski definition) is 2. The van der Waals surface area contributed by atoms with Gasteiger partial charge < -0.3 is 10.6 Å². The molecule has 0 saturated heterocycles. The van der Waals surface area contributed by atoms with E-state index in [9.17, 15) is 4.79 Å². The lowest BCUT2D eigenvalue weighted by molar-refractivity contribution is -0.115. The number of anilines is 2. The predicted molar refractivity (Wildman–Crippen MR) is 79.8 cm³/mol. The van der Waals surface area contributed by atoms with Crippen LogP contribution in [0.25, 0.3) is 0 Å². The number of rotatable bonds is 5. The fourth-order valence-corrected chi connectivity index (χ4v) is 2.37. The van der Waals surface area contributed by atoms with Gasteiger partial charge in [0.15, 0.2) is 5.13 Å². The Morgan fingerprint density at radius 2 is 2.05 bits per heavy atom. The first-order valence-electron chi connectivity index (χ1n) is 6.22. The van der Waals surface area contributed by atoms with E-state index in [2.05, 4.69) is 22.5 Å². The molecule has 0 radical (unpaired) electrons. The van der Waals surface area contributed by atoms with Crippen molar-refractivity contribution >= 4 is 28.1 Å². The van der Waals surface area contributed by atoms with Crippen LogP contribution in [0.3, 0.4) is 0 Å². The summed E-state index contributed by atoms with van der Waals surface area (Å²) >= 11 is 1.50. The molecule has 1 aromatic carbocycles. The molecule has 0 bridgehead atoms. The fourth-order valence-electron chi connectivity index (χ4n) is 1.70. The van der Waals surface area contributed by atoms with E-state index in [1.54, 1.807) is 0 Å². The minimum absolute atomic E-state index is 0.0443. The Morgan fingerprint density at radius 3 is 2.63 bits per heavy atom. The summed E-state index contributed by atoms with van der Waals surface area (Å²) in [6.07, 6.45) is 1.30. The molecule has 2 N–H and O–H groups in total. The van der Waals surface area contributed by atoms with Crippen molar-refractivity contribution < 1.29 is 4.79 Å². The summed E-state index contributed by atoms with van der Waals surface area (Å²) < 4.78 is 0. The van der Waals surface area contributed by atoms with Crippen LogP contribution in [0.2, 0.25) is 0 Å². The Hall–Kier alpha value is -1.88. The van der Waals surface area contributed by atoms with Gasteiger partial charge in [0.05, 0.1) is 12.1 Å². The lowest BCUT2D eigenvalue weighted by atomic mass is 10.1. The van der Waals surface area contributed by atoms with Gasteiger partial charge in [-0.2, -0.15) is 0 Å². The average molecular weight is 275 g/mol. The largest absolute Gasteiger partial charge is 0.365 e. The molecule has 1 aromatic heterocycles. The average Bonchev–Trinajstić information content (AvgIpc) is 2.87. The van der Waals surface area contributed by atoms with Gasteiger partial charge in [0.25, 0.3) is 0 Å². The summed E-state index contributed by atoms with van der Waals surface area (Å²) in [5.74, 6) is -0.0443. The lowest BCUT2D eigenvalue weighted by Crippen LogP contribution is -2.14. The van der Waals surface area contributed by atoms with Gasteiger partial charge in [-0.3, -0.25) is 4.79 Å². The Bertz CT molecular complexity index is 548. The van der Waals surface area contributed by atoms with Crippen molar-refractivity contribution in [3.05, 3.63) is 40.9 Å². The quantitative estimate of drug-likeness (QED) is 0.882. The van der Waals surface area contributed by atoms with Crippen LogP contribution < -0.4 is 10.6 Å². The van der Waals surface area contributed by atoms with E-state index in [0.717, 1.165) is 22.9 Å². The Labute approximate surface area is 116 Å². The van der Waals surface area contributed by atoms with Gasteiger partial charge in [0.2, 0.25) is 5.91 Å². The van der Waals surface area contributed by atoms with Gasteiger partial charge in [-0.1, -0.05) is 19.1 Å². The van der Waals surface area contributed by atoms with Gasteiger partial charge in [-0.15, -0.1) is 11.3 Å². The standard InChI is InChI=1S/C14H17N3OS/c1-3-10-4-6-11(7-5-10)16-13(18)8-12-9-19-14(15-2)17-12/h4-7,9H,3,8H2,1-2H3,(H,15,17)(H,16,18). The van der Waals surface area contributed by atoms with Gasteiger partial charge in [0.1, 0.15) is 0 Å². The minimum Gasteiger partial charge on any atom is -0.365 e. The third kappa shape index (κ3) is 3.79. The van der Waals surface area contributed by atoms with Crippen LogP contribution in [0.1, 0.15) is 18.2 Å². The highest BCUT2D eigenvalue weighted by molar-refractivity contribution is 7.13. The molecule has 0 atom stereocenters. The molecule has 100 valence electrons. The molecule has 0 aliphatic rings. The topological polar surface area (TPSA) is 54.0 Å². The van der Waals surface area contributed by atoms with Crippen molar-refractivity contribution in [2.75, 3.05) is 17.7 Å². The van der Waals surface area contributed by atoms with E-state index >= 15 is 0 Å². The van der Waals surface area contributed by atoms with Crippen molar-refractivity contribution in [2.24, 2.45) is 0 Å². The summed E-state index contributed by atoms with van der Waals surface area (Å²) in [6, 6.07) is 7.91. The molecule has 0 saturated carbocycles. The van der Waals surface area contributed by atoms with Crippen molar-refractivity contribution in [1.29, 1.82) is 0 Å². The van der Waals surface area contributed by atoms with Crippen molar-refractivity contribution in [3.8, 4) is 0 Å². The lowest BCUT2D eigenvalue weighted by Gasteiger charge is -2.04. The van der Waals surface area contributed by atoms with Crippen molar-refractivity contribution in [3.63, 3.8) is 0 Å². The van der Waals surface area contributed by atoms with Gasteiger partial charge in [0, 0.05) is 18.1 Å². The highest BCUT2D eigenvalue weighted by Crippen LogP contribution is 2.15. The smallest absolute Gasteiger partial charge is 0.230 e. The summed E-state index contributed by atoms with van der Waals surface area (Å²) in [7, 11) is 1.82. The van der Waals surface area contributed by atoms with E-state index < -0.39 is 0 Å². The second kappa shape index (κ2) is 6.33. The number of thiazole rings is 1. The maximum atomic E-state index is 11.9. The van der Waals surface area contributed by atoms with E-state index in [4.69, 9.17) is 0 Å². The Balaban J connectivity index is 1.93. The van der Waals surface area contributed by atoms with Crippen LogP contribution in [0.15, 0.2) is 29.6 Å². The summed E-state index contributed by atoms with van der Waals surface area (Å²) in [6.45, 7) is 2.11. The van der Waals surface area contributed by atoms with Crippen LogP contribution in [0.4, 0.5) is 10.8 Å². The first-order chi connectivity index (χ1) is 9.21. The van der Waals surface area contributed by atoms with Crippen LogP contribution >= 0.6 is 11.3 Å². The van der Waals surface area contributed by atoms with Gasteiger partial charge >= 0.3 is 0 Å². The van der Waals surface area contributed by atoms with Crippen LogP contribution in [-0.2, 0) is 17.6 Å². The first kappa shape index (κ1) is 13.5. The van der Waals surface area contributed by atoms with Crippen molar-refractivity contribution in [1.82, 2.24) is 4.98 Å². The summed E-state index contributed by atoms with van der Waals surface area (Å²) in [5.41, 5.74) is 2.87. The van der Waals surface area contributed by atoms with Crippen molar-refractivity contribution in [2.45, 2.75) is 19.8 Å². The number of carbonyl (C=O) groups is 1. The zero-order valence-corrected chi connectivity index (χ0v) is 11.9. The fraction of sp³-hybridized carbons (Fsp3) is 0.286. The molecule has 1 heterocycles. The molecule has 2 aromatic rings. The molecule has 0 spiro atoms. The second-order valence-corrected chi connectivity index (χ2v) is 5.03. The second-order valence-electron chi connectivity index (χ2n) is 4.17. The van der Waals surface area contributed by atoms with Crippen LogP contribution in [-0.4, -0.2) is 17.9 Å². The third-order valence-electron chi connectivity index (χ3n) is 2.75. The van der Waals surface area contributed by atoms with Gasteiger partial charge in [-0.05, 0) is 24.1 Å². The normalized spacial score (nSPS) is 10.2. The zero-order chi connectivity index (χ0) is 13.7. The molecule has 4 nitrogen and oxygen atoms in total. The number of aromatic nitrogens is 1. The van der Waals surface area contributed by atoms with E-state index in [1.807, 2.05) is 36.7 Å². The maximum Gasteiger partial charge on any atom is 0.230 e. The molecular formula is C14H17N3OS. The van der Waals surface area contributed by atoms with E-state index in [0.29, 0.717) is 6.42 Å². The summed E-state index contributed by atoms with van der Waals surface area (Å²) in [5, 5.41) is 8.56. The SMILES string of the molecule is CCc1ccc(NC(=O)Cc2csc(NC)n2)cc1. The number of carbonyl (C=O) groups excluding carboxylic acids is 1. The maximum absolute atomic E-state index is 11.9. The van der Waals surface area contributed by atoms with E-state index in [1.165, 1.54) is 16.9 Å². The molecule has 0 aliphatic heterocycles. The monoisotopic (exact) mass is 275 g/mol. The van der Waals surface area contributed by atoms with Crippen LogP contribution in [0.5, 0.6) is 0 Å². The summed E-state index contributed by atoms with van der Waals surface area (Å²) in [4.78, 5) is 16.2. The number of amides is 1. The molecule has 1 amide bonds. The number of nitrogens with zero attached hydrogens (tertiary/aromatic N) is 1. The minimum atomic E-state index is -0.0443. The number of benzene rings is 1. The van der Waals surface area contributed by atoms with E-state index in [-0.39, 0.29) is 5.91 Å². The molecule has 0 aliphatic carbocycles. The molecule has 0 fully saturated rings. The Kier molecular flexibility index (Phi) is 4.52. The molecule has 5 heteroatoms. The highest BCUT2D eigenvalue weighted by Gasteiger charge is 2.07. The Morgan fingerprint density at radius 1 is 1.32 bits per heavy atom. The number of hydrogen-bond acceptors (Lipinski definition) is 4. The third-order valence-corrected chi connectivity index (χ3v) is 3.66. The van der Waals surface area contributed by atoms with Gasteiger partial charge in [-0.25, -0.2) is 4.98 Å². The zero-order valence-electron chi connectivity index (χ0n) is 11.1. The van der Waals surface area contributed by atoms with Crippen LogP contribution in [0, 0.1) is 0 Å². The predicted octanol–water partition coefficient (Wildman–Crippen LogP) is 2.93.